The number of nitrogen functional groups attached to an aromatic ring is 1. The van der Waals surface area contributed by atoms with Crippen molar-refractivity contribution in [2.24, 2.45) is 0 Å². The number of carbonyl (C=O) groups is 1. The van der Waals surface area contributed by atoms with Gasteiger partial charge >= 0.3 is 0 Å². The van der Waals surface area contributed by atoms with E-state index in [4.69, 9.17) is 17.3 Å². The van der Waals surface area contributed by atoms with E-state index in [1.165, 1.54) is 0 Å². The Kier molecular flexibility index (Phi) is 4.08. The Morgan fingerprint density at radius 1 is 1.29 bits per heavy atom. The molecule has 2 N–H and O–H groups in total. The Labute approximate surface area is 142 Å². The second-order valence-corrected chi connectivity index (χ2v) is 6.60. The number of amides is 1. The summed E-state index contributed by atoms with van der Waals surface area (Å²) in [6.07, 6.45) is 1.84. The van der Waals surface area contributed by atoms with Crippen LogP contribution >= 0.6 is 34.2 Å². The minimum atomic E-state index is -0.0279. The van der Waals surface area contributed by atoms with Crippen LogP contribution in [0.3, 0.4) is 0 Å². The number of nitrogens with zero attached hydrogens (tertiary/aromatic N) is 1. The van der Waals surface area contributed by atoms with Gasteiger partial charge in [-0.1, -0.05) is 17.7 Å². The lowest BCUT2D eigenvalue weighted by Crippen LogP contribution is -2.35. The van der Waals surface area contributed by atoms with Crippen LogP contribution in [0.4, 0.5) is 11.4 Å². The zero-order valence-corrected chi connectivity index (χ0v) is 14.2. The van der Waals surface area contributed by atoms with Crippen LogP contribution in [0.5, 0.6) is 0 Å². The lowest BCUT2D eigenvalue weighted by atomic mass is 9.99. The van der Waals surface area contributed by atoms with E-state index in [-0.39, 0.29) is 5.91 Å². The number of benzene rings is 2. The lowest BCUT2D eigenvalue weighted by molar-refractivity contribution is 0.0985. The number of carbonyl (C=O) groups excluding carboxylic acids is 1. The first-order valence-corrected chi connectivity index (χ1v) is 8.18. The summed E-state index contributed by atoms with van der Waals surface area (Å²) in [4.78, 5) is 14.6. The molecule has 5 heteroatoms. The second kappa shape index (κ2) is 5.85. The maximum atomic E-state index is 12.8. The highest BCUT2D eigenvalue weighted by Crippen LogP contribution is 2.32. The SMILES string of the molecule is Nc1cccc2c1CCCN2C(=O)c1ccc(I)c(Cl)c1. The van der Waals surface area contributed by atoms with E-state index in [0.717, 1.165) is 33.4 Å². The van der Waals surface area contributed by atoms with E-state index in [0.29, 0.717) is 17.1 Å². The van der Waals surface area contributed by atoms with Crippen molar-refractivity contribution in [1.82, 2.24) is 0 Å². The Bertz CT molecular complexity index is 717. The summed E-state index contributed by atoms with van der Waals surface area (Å²) >= 11 is 8.27. The van der Waals surface area contributed by atoms with Gasteiger partial charge in [0, 0.05) is 27.1 Å². The second-order valence-electron chi connectivity index (χ2n) is 5.03. The minimum Gasteiger partial charge on any atom is -0.398 e. The average Bonchev–Trinajstić information content (AvgIpc) is 2.49. The van der Waals surface area contributed by atoms with Crippen LogP contribution in [0, 0.1) is 3.57 Å². The van der Waals surface area contributed by atoms with Crippen molar-refractivity contribution in [3.05, 3.63) is 56.1 Å². The molecule has 0 bridgehead atoms. The van der Waals surface area contributed by atoms with E-state index in [1.54, 1.807) is 11.0 Å². The summed E-state index contributed by atoms with van der Waals surface area (Å²) in [5.41, 5.74) is 9.37. The number of anilines is 2. The van der Waals surface area contributed by atoms with Crippen molar-refractivity contribution in [2.75, 3.05) is 17.2 Å². The van der Waals surface area contributed by atoms with Crippen molar-refractivity contribution in [3.8, 4) is 0 Å². The predicted molar refractivity (Wildman–Crippen MR) is 95.0 cm³/mol. The van der Waals surface area contributed by atoms with Gasteiger partial charge in [-0.25, -0.2) is 0 Å². The Morgan fingerprint density at radius 3 is 2.86 bits per heavy atom. The van der Waals surface area contributed by atoms with Crippen LogP contribution in [0.2, 0.25) is 5.02 Å². The molecule has 0 unspecified atom stereocenters. The first kappa shape index (κ1) is 14.7. The number of nitrogens with two attached hydrogens (primary N) is 1. The summed E-state index contributed by atoms with van der Waals surface area (Å²) in [6, 6.07) is 11.1. The molecular weight excluding hydrogens is 399 g/mol. The highest BCUT2D eigenvalue weighted by atomic mass is 127. The molecule has 0 atom stereocenters. The molecule has 0 aliphatic carbocycles. The Balaban J connectivity index is 2.00. The molecule has 0 spiro atoms. The van der Waals surface area contributed by atoms with E-state index >= 15 is 0 Å². The van der Waals surface area contributed by atoms with Crippen molar-refractivity contribution in [1.29, 1.82) is 0 Å². The molecule has 0 aromatic heterocycles. The first-order valence-electron chi connectivity index (χ1n) is 6.72. The van der Waals surface area contributed by atoms with Gasteiger partial charge in [0.1, 0.15) is 0 Å². The fourth-order valence-electron chi connectivity index (χ4n) is 2.65. The van der Waals surface area contributed by atoms with Crippen LogP contribution in [0.15, 0.2) is 36.4 Å². The fraction of sp³-hybridized carbons (Fsp3) is 0.188. The van der Waals surface area contributed by atoms with Crippen LogP contribution in [-0.4, -0.2) is 12.5 Å². The lowest BCUT2D eigenvalue weighted by Gasteiger charge is -2.30. The molecule has 1 heterocycles. The third-order valence-corrected chi connectivity index (χ3v) is 5.27. The number of hydrogen-bond acceptors (Lipinski definition) is 2. The molecule has 0 radical (unpaired) electrons. The third-order valence-electron chi connectivity index (χ3n) is 3.70. The molecule has 1 aliphatic heterocycles. The molecule has 0 fully saturated rings. The topological polar surface area (TPSA) is 46.3 Å². The zero-order chi connectivity index (χ0) is 15.0. The molecule has 3 nitrogen and oxygen atoms in total. The summed E-state index contributed by atoms with van der Waals surface area (Å²) in [7, 11) is 0. The fourth-order valence-corrected chi connectivity index (χ4v) is 3.16. The minimum absolute atomic E-state index is 0.0279. The first-order chi connectivity index (χ1) is 10.1. The number of halogens is 2. The van der Waals surface area contributed by atoms with Crippen molar-refractivity contribution < 1.29 is 4.79 Å². The molecule has 1 aliphatic rings. The van der Waals surface area contributed by atoms with E-state index in [9.17, 15) is 4.79 Å². The average molecular weight is 413 g/mol. The monoisotopic (exact) mass is 412 g/mol. The van der Waals surface area contributed by atoms with Crippen molar-refractivity contribution in [2.45, 2.75) is 12.8 Å². The van der Waals surface area contributed by atoms with Crippen LogP contribution in [-0.2, 0) is 6.42 Å². The number of hydrogen-bond donors (Lipinski definition) is 1. The molecular formula is C16H14ClIN2O. The van der Waals surface area contributed by atoms with Gasteiger partial charge in [-0.2, -0.15) is 0 Å². The summed E-state index contributed by atoms with van der Waals surface area (Å²) in [5.74, 6) is -0.0279. The highest BCUT2D eigenvalue weighted by molar-refractivity contribution is 14.1. The summed E-state index contributed by atoms with van der Waals surface area (Å²) in [6.45, 7) is 0.707. The number of fused-ring (bicyclic) bond motifs is 1. The van der Waals surface area contributed by atoms with E-state index < -0.39 is 0 Å². The van der Waals surface area contributed by atoms with Gasteiger partial charge in [-0.15, -0.1) is 0 Å². The third kappa shape index (κ3) is 2.74. The van der Waals surface area contributed by atoms with Crippen LogP contribution in [0.25, 0.3) is 0 Å². The zero-order valence-electron chi connectivity index (χ0n) is 11.3. The highest BCUT2D eigenvalue weighted by Gasteiger charge is 2.24. The van der Waals surface area contributed by atoms with Gasteiger partial charge < -0.3 is 10.6 Å². The van der Waals surface area contributed by atoms with Gasteiger partial charge in [0.15, 0.2) is 0 Å². The van der Waals surface area contributed by atoms with Crippen LogP contribution < -0.4 is 10.6 Å². The van der Waals surface area contributed by atoms with Gasteiger partial charge in [-0.3, -0.25) is 4.79 Å². The van der Waals surface area contributed by atoms with Crippen molar-refractivity contribution in [3.63, 3.8) is 0 Å². The quantitative estimate of drug-likeness (QED) is 0.566. The molecule has 1 amide bonds. The summed E-state index contributed by atoms with van der Waals surface area (Å²) < 4.78 is 0.939. The summed E-state index contributed by atoms with van der Waals surface area (Å²) in [5, 5.41) is 0.603. The molecule has 2 aromatic carbocycles. The predicted octanol–water partition coefficient (Wildman–Crippen LogP) is 4.12. The molecule has 0 saturated heterocycles. The largest absolute Gasteiger partial charge is 0.398 e. The molecule has 21 heavy (non-hydrogen) atoms. The maximum absolute atomic E-state index is 12.8. The molecule has 0 saturated carbocycles. The molecule has 2 aromatic rings. The molecule has 108 valence electrons. The Morgan fingerprint density at radius 2 is 2.10 bits per heavy atom. The van der Waals surface area contributed by atoms with Crippen molar-refractivity contribution >= 4 is 51.5 Å². The van der Waals surface area contributed by atoms with E-state index in [1.807, 2.05) is 30.3 Å². The normalized spacial score (nSPS) is 13.9. The van der Waals surface area contributed by atoms with Gasteiger partial charge in [0.2, 0.25) is 0 Å². The molecule has 3 rings (SSSR count). The van der Waals surface area contributed by atoms with E-state index in [2.05, 4.69) is 22.6 Å². The Hall–Kier alpha value is -1.27. The van der Waals surface area contributed by atoms with Gasteiger partial charge in [-0.05, 0) is 71.3 Å². The number of rotatable bonds is 1. The maximum Gasteiger partial charge on any atom is 0.258 e. The van der Waals surface area contributed by atoms with Gasteiger partial charge in [0.05, 0.1) is 5.02 Å². The van der Waals surface area contributed by atoms with Crippen LogP contribution in [0.1, 0.15) is 22.3 Å². The smallest absolute Gasteiger partial charge is 0.258 e. The standard InChI is InChI=1S/C16H14ClIN2O/c17-12-9-10(6-7-13(12)18)16(21)20-8-2-3-11-14(19)4-1-5-15(11)20/h1,4-7,9H,2-3,8,19H2. The van der Waals surface area contributed by atoms with Gasteiger partial charge in [0.25, 0.3) is 5.91 Å².